The van der Waals surface area contributed by atoms with E-state index in [2.05, 4.69) is 38.2 Å². The molecule has 0 heteroatoms. The van der Waals surface area contributed by atoms with E-state index in [0.29, 0.717) is 0 Å². The maximum absolute atomic E-state index is 2.28. The van der Waals surface area contributed by atoms with Crippen LogP contribution in [-0.4, -0.2) is 0 Å². The van der Waals surface area contributed by atoms with Crippen molar-refractivity contribution in [2.45, 2.75) is 58.8 Å². The first-order valence-electron chi connectivity index (χ1n) is 5.73. The summed E-state index contributed by atoms with van der Waals surface area (Å²) in [7, 11) is 0. The van der Waals surface area contributed by atoms with Crippen molar-refractivity contribution in [2.24, 2.45) is 0 Å². The summed E-state index contributed by atoms with van der Waals surface area (Å²) in [5, 5.41) is 0. The molecular formula is C13H24. The first-order valence-corrected chi connectivity index (χ1v) is 5.73. The van der Waals surface area contributed by atoms with Crippen molar-refractivity contribution in [1.82, 2.24) is 0 Å². The van der Waals surface area contributed by atoms with Gasteiger partial charge in [-0.1, -0.05) is 63.8 Å². The Bertz CT molecular complexity index is 131. The minimum Gasteiger partial charge on any atom is -0.0846 e. The molecule has 76 valence electrons. The van der Waals surface area contributed by atoms with Crippen molar-refractivity contribution in [3.05, 3.63) is 24.3 Å². The van der Waals surface area contributed by atoms with E-state index >= 15 is 0 Å². The molecule has 0 radical (unpaired) electrons. The van der Waals surface area contributed by atoms with Gasteiger partial charge in [0, 0.05) is 0 Å². The van der Waals surface area contributed by atoms with Crippen molar-refractivity contribution in [2.75, 3.05) is 0 Å². The average molecular weight is 180 g/mol. The Kier molecular flexibility index (Phi) is 11.0. The zero-order chi connectivity index (χ0) is 9.78. The van der Waals surface area contributed by atoms with Gasteiger partial charge in [0.15, 0.2) is 0 Å². The molecule has 0 nitrogen and oxygen atoms in total. The summed E-state index contributed by atoms with van der Waals surface area (Å²) >= 11 is 0. The summed E-state index contributed by atoms with van der Waals surface area (Å²) in [6.07, 6.45) is 18.0. The third-order valence-electron chi connectivity index (χ3n) is 2.06. The van der Waals surface area contributed by atoms with Crippen molar-refractivity contribution in [1.29, 1.82) is 0 Å². The standard InChI is InChI=1S/C13H24/c1-3-5-7-9-11-13-12-10-8-6-4-2/h7,9,11,13H,3-6,8,10,12H2,1-2H3/b9-7-,13-11+. The lowest BCUT2D eigenvalue weighted by atomic mass is 10.1. The highest BCUT2D eigenvalue weighted by Gasteiger charge is 1.82. The second-order valence-corrected chi connectivity index (χ2v) is 3.49. The van der Waals surface area contributed by atoms with Gasteiger partial charge in [0.2, 0.25) is 0 Å². The molecular weight excluding hydrogens is 156 g/mol. The topological polar surface area (TPSA) is 0 Å². The van der Waals surface area contributed by atoms with Gasteiger partial charge < -0.3 is 0 Å². The van der Waals surface area contributed by atoms with E-state index in [-0.39, 0.29) is 0 Å². The molecule has 0 aliphatic carbocycles. The fourth-order valence-electron chi connectivity index (χ4n) is 1.21. The van der Waals surface area contributed by atoms with Crippen LogP contribution < -0.4 is 0 Å². The summed E-state index contributed by atoms with van der Waals surface area (Å²) in [4.78, 5) is 0. The van der Waals surface area contributed by atoms with E-state index in [9.17, 15) is 0 Å². The third kappa shape index (κ3) is 11.5. The van der Waals surface area contributed by atoms with Crippen LogP contribution in [0, 0.1) is 0 Å². The maximum atomic E-state index is 2.28. The van der Waals surface area contributed by atoms with Crippen molar-refractivity contribution >= 4 is 0 Å². The van der Waals surface area contributed by atoms with Gasteiger partial charge in [0.05, 0.1) is 0 Å². The Labute approximate surface area is 83.7 Å². The fraction of sp³-hybridized carbons (Fsp3) is 0.692. The SMILES string of the molecule is CCC/C=C\C=C\CCCCCC. The molecule has 0 N–H and O–H groups in total. The lowest BCUT2D eigenvalue weighted by Crippen LogP contribution is -1.73. The highest BCUT2D eigenvalue weighted by Crippen LogP contribution is 2.02. The summed E-state index contributed by atoms with van der Waals surface area (Å²) < 4.78 is 0. The molecule has 0 unspecified atom stereocenters. The van der Waals surface area contributed by atoms with E-state index in [1.165, 1.54) is 44.9 Å². The Hall–Kier alpha value is -0.520. The summed E-state index contributed by atoms with van der Waals surface area (Å²) in [5.41, 5.74) is 0. The number of hydrogen-bond donors (Lipinski definition) is 0. The largest absolute Gasteiger partial charge is 0.0846 e. The van der Waals surface area contributed by atoms with Gasteiger partial charge in [0.25, 0.3) is 0 Å². The van der Waals surface area contributed by atoms with Gasteiger partial charge in [0.1, 0.15) is 0 Å². The van der Waals surface area contributed by atoms with Gasteiger partial charge in [-0.15, -0.1) is 0 Å². The highest BCUT2D eigenvalue weighted by atomic mass is 13.9. The minimum atomic E-state index is 1.21. The average Bonchev–Trinajstić information content (AvgIpc) is 2.16. The van der Waals surface area contributed by atoms with Crippen molar-refractivity contribution < 1.29 is 0 Å². The van der Waals surface area contributed by atoms with Gasteiger partial charge in [-0.25, -0.2) is 0 Å². The smallest absolute Gasteiger partial charge is 0.0348 e. The van der Waals surface area contributed by atoms with Crippen LogP contribution in [0.15, 0.2) is 24.3 Å². The number of allylic oxidation sites excluding steroid dienone is 4. The molecule has 0 saturated heterocycles. The van der Waals surface area contributed by atoms with Crippen LogP contribution in [0.2, 0.25) is 0 Å². The van der Waals surface area contributed by atoms with Crippen LogP contribution in [0.25, 0.3) is 0 Å². The zero-order valence-corrected chi connectivity index (χ0v) is 9.26. The monoisotopic (exact) mass is 180 g/mol. The number of hydrogen-bond acceptors (Lipinski definition) is 0. The van der Waals surface area contributed by atoms with Crippen LogP contribution >= 0.6 is 0 Å². The van der Waals surface area contributed by atoms with Crippen LogP contribution in [0.1, 0.15) is 58.8 Å². The normalized spacial score (nSPS) is 11.8. The molecule has 0 spiro atoms. The van der Waals surface area contributed by atoms with E-state index in [4.69, 9.17) is 0 Å². The van der Waals surface area contributed by atoms with E-state index in [1.54, 1.807) is 0 Å². The Morgan fingerprint density at radius 3 is 2.00 bits per heavy atom. The summed E-state index contributed by atoms with van der Waals surface area (Å²) in [6, 6.07) is 0. The van der Waals surface area contributed by atoms with Crippen molar-refractivity contribution in [3.8, 4) is 0 Å². The second kappa shape index (κ2) is 11.5. The predicted octanol–water partition coefficient (Wildman–Crippen LogP) is 4.87. The number of unbranched alkanes of at least 4 members (excludes halogenated alkanes) is 5. The maximum Gasteiger partial charge on any atom is -0.0348 e. The van der Waals surface area contributed by atoms with Crippen LogP contribution in [0.3, 0.4) is 0 Å². The Balaban J connectivity index is 3.12. The summed E-state index contributed by atoms with van der Waals surface area (Å²) in [6.45, 7) is 4.46. The van der Waals surface area contributed by atoms with E-state index in [1.807, 2.05) is 0 Å². The molecule has 0 aromatic rings. The van der Waals surface area contributed by atoms with Gasteiger partial charge in [-0.2, -0.15) is 0 Å². The Morgan fingerprint density at radius 2 is 1.38 bits per heavy atom. The molecule has 0 aromatic carbocycles. The molecule has 13 heavy (non-hydrogen) atoms. The molecule has 0 heterocycles. The summed E-state index contributed by atoms with van der Waals surface area (Å²) in [5.74, 6) is 0. The van der Waals surface area contributed by atoms with Crippen molar-refractivity contribution in [3.63, 3.8) is 0 Å². The molecule has 0 rings (SSSR count). The zero-order valence-electron chi connectivity index (χ0n) is 9.26. The van der Waals surface area contributed by atoms with Gasteiger partial charge in [-0.05, 0) is 19.3 Å². The molecule has 0 fully saturated rings. The fourth-order valence-corrected chi connectivity index (χ4v) is 1.21. The highest BCUT2D eigenvalue weighted by molar-refractivity contribution is 5.01. The van der Waals surface area contributed by atoms with Crippen LogP contribution in [0.5, 0.6) is 0 Å². The Morgan fingerprint density at radius 1 is 0.692 bits per heavy atom. The molecule has 0 aliphatic heterocycles. The van der Waals surface area contributed by atoms with E-state index in [0.717, 1.165) is 0 Å². The van der Waals surface area contributed by atoms with Crippen LogP contribution in [0.4, 0.5) is 0 Å². The quantitative estimate of drug-likeness (QED) is 0.369. The third-order valence-corrected chi connectivity index (χ3v) is 2.06. The van der Waals surface area contributed by atoms with Gasteiger partial charge in [-0.3, -0.25) is 0 Å². The predicted molar refractivity (Wildman–Crippen MR) is 61.9 cm³/mol. The second-order valence-electron chi connectivity index (χ2n) is 3.49. The first kappa shape index (κ1) is 12.5. The molecule has 0 aliphatic rings. The van der Waals surface area contributed by atoms with Crippen LogP contribution in [-0.2, 0) is 0 Å². The molecule has 0 bridgehead atoms. The number of rotatable bonds is 8. The lowest BCUT2D eigenvalue weighted by Gasteiger charge is -1.92. The first-order chi connectivity index (χ1) is 6.41. The van der Waals surface area contributed by atoms with E-state index < -0.39 is 0 Å². The molecule has 0 atom stereocenters. The minimum absolute atomic E-state index is 1.21. The van der Waals surface area contributed by atoms with Gasteiger partial charge >= 0.3 is 0 Å². The molecule has 0 amide bonds. The molecule has 0 aromatic heterocycles. The molecule has 0 saturated carbocycles. The lowest BCUT2D eigenvalue weighted by molar-refractivity contribution is 0.674.